The lowest BCUT2D eigenvalue weighted by atomic mass is 9.89. The van der Waals surface area contributed by atoms with E-state index in [2.05, 4.69) is 54.1 Å². The minimum absolute atomic E-state index is 0.0310. The average Bonchev–Trinajstić information content (AvgIpc) is 3.29. The number of hydrogen-bond donors (Lipinski definition) is 1. The Labute approximate surface area is 236 Å². The molecule has 0 atom stereocenters. The molecule has 1 N–H and O–H groups in total. The Morgan fingerprint density at radius 3 is 2.35 bits per heavy atom. The van der Waals surface area contributed by atoms with Gasteiger partial charge < -0.3 is 14.8 Å². The van der Waals surface area contributed by atoms with Crippen molar-refractivity contribution in [1.82, 2.24) is 9.88 Å². The molecule has 1 saturated carbocycles. The average molecular weight is 532 g/mol. The molecule has 3 aromatic carbocycles. The van der Waals surface area contributed by atoms with Crippen molar-refractivity contribution < 1.29 is 9.59 Å². The molecule has 40 heavy (non-hydrogen) atoms. The summed E-state index contributed by atoms with van der Waals surface area (Å²) in [5, 5.41) is 3.20. The van der Waals surface area contributed by atoms with Gasteiger partial charge in [0.2, 0.25) is 0 Å². The van der Waals surface area contributed by atoms with Gasteiger partial charge in [-0.1, -0.05) is 67.8 Å². The summed E-state index contributed by atoms with van der Waals surface area (Å²) >= 11 is 0. The fraction of sp³-hybridized carbons (Fsp3) is 0.314. The Bertz CT molecular complexity index is 1560. The molecular weight excluding hydrogens is 494 g/mol. The number of amides is 2. The van der Waals surface area contributed by atoms with Crippen molar-refractivity contribution in [1.29, 1.82) is 0 Å². The van der Waals surface area contributed by atoms with Crippen LogP contribution in [0.3, 0.4) is 0 Å². The number of nitrogens with one attached hydrogen (secondary N) is 1. The number of benzene rings is 3. The standard InChI is InChI=1S/C35H37N3O2/c1-24-10-6-8-14-30(24)31-18-16-27(20-25(31)2)35(40)38-23-29-17-19-33(34(39)36-21-26-11-4-3-5-12-26)37(29)22-28-13-7-9-15-32(28)38/h6-10,13-20,26H,3-5,11-12,21-23H2,1-2H3,(H,36,39). The van der Waals surface area contributed by atoms with E-state index in [1.165, 1.54) is 43.2 Å². The van der Waals surface area contributed by atoms with E-state index >= 15 is 0 Å². The summed E-state index contributed by atoms with van der Waals surface area (Å²) < 4.78 is 2.08. The van der Waals surface area contributed by atoms with Gasteiger partial charge in [-0.15, -0.1) is 0 Å². The molecule has 2 heterocycles. The molecule has 0 unspecified atom stereocenters. The summed E-state index contributed by atoms with van der Waals surface area (Å²) in [5.41, 5.74) is 8.82. The summed E-state index contributed by atoms with van der Waals surface area (Å²) in [6.07, 6.45) is 6.22. The van der Waals surface area contributed by atoms with Crippen molar-refractivity contribution in [3.8, 4) is 11.1 Å². The van der Waals surface area contributed by atoms with Gasteiger partial charge in [-0.05, 0) is 90.8 Å². The predicted molar refractivity (Wildman–Crippen MR) is 161 cm³/mol. The molecule has 2 aliphatic rings. The third-order valence-electron chi connectivity index (χ3n) is 8.66. The Morgan fingerprint density at radius 2 is 1.55 bits per heavy atom. The van der Waals surface area contributed by atoms with E-state index in [9.17, 15) is 9.59 Å². The summed E-state index contributed by atoms with van der Waals surface area (Å²) in [6.45, 7) is 5.88. The lowest BCUT2D eigenvalue weighted by Gasteiger charge is -2.23. The normalized spacial score (nSPS) is 15.2. The first kappa shape index (κ1) is 26.1. The molecule has 2 amide bonds. The first-order chi connectivity index (χ1) is 19.5. The molecular formula is C35H37N3O2. The molecule has 5 nitrogen and oxygen atoms in total. The third-order valence-corrected chi connectivity index (χ3v) is 8.66. The second-order valence-corrected chi connectivity index (χ2v) is 11.4. The highest BCUT2D eigenvalue weighted by Gasteiger charge is 2.28. The van der Waals surface area contributed by atoms with Gasteiger partial charge in [-0.3, -0.25) is 9.59 Å². The van der Waals surface area contributed by atoms with Crippen LogP contribution in [0.2, 0.25) is 0 Å². The molecule has 1 fully saturated rings. The molecule has 6 rings (SSSR count). The lowest BCUT2D eigenvalue weighted by Crippen LogP contribution is -2.32. The fourth-order valence-corrected chi connectivity index (χ4v) is 6.39. The largest absolute Gasteiger partial charge is 0.350 e. The Morgan fingerprint density at radius 1 is 0.800 bits per heavy atom. The molecule has 0 saturated heterocycles. The zero-order chi connectivity index (χ0) is 27.6. The molecule has 0 radical (unpaired) electrons. The lowest BCUT2D eigenvalue weighted by molar-refractivity contribution is 0.0934. The van der Waals surface area contributed by atoms with Crippen LogP contribution in [-0.4, -0.2) is 22.9 Å². The van der Waals surface area contributed by atoms with Gasteiger partial charge in [0.1, 0.15) is 5.69 Å². The number of carbonyl (C=O) groups is 2. The van der Waals surface area contributed by atoms with Crippen LogP contribution in [0.1, 0.15) is 75.3 Å². The Balaban J connectivity index is 1.28. The highest BCUT2D eigenvalue weighted by molar-refractivity contribution is 6.07. The highest BCUT2D eigenvalue weighted by atomic mass is 16.2. The van der Waals surface area contributed by atoms with Crippen molar-refractivity contribution >= 4 is 17.5 Å². The minimum Gasteiger partial charge on any atom is -0.350 e. The maximum Gasteiger partial charge on any atom is 0.267 e. The SMILES string of the molecule is Cc1ccccc1-c1ccc(C(=O)N2Cc3ccc(C(=O)NCC4CCCCC4)n3Cc3ccccc32)cc1C. The molecule has 1 aliphatic carbocycles. The minimum atomic E-state index is -0.0372. The number of para-hydroxylation sites is 1. The van der Waals surface area contributed by atoms with Crippen molar-refractivity contribution in [2.45, 2.75) is 59.0 Å². The van der Waals surface area contributed by atoms with E-state index in [1.54, 1.807) is 0 Å². The van der Waals surface area contributed by atoms with Gasteiger partial charge in [0.25, 0.3) is 11.8 Å². The number of rotatable bonds is 5. The van der Waals surface area contributed by atoms with Gasteiger partial charge in [0, 0.05) is 23.5 Å². The van der Waals surface area contributed by atoms with Gasteiger partial charge in [0.15, 0.2) is 0 Å². The first-order valence-corrected chi connectivity index (χ1v) is 14.5. The van der Waals surface area contributed by atoms with Gasteiger partial charge in [-0.25, -0.2) is 0 Å². The summed E-state index contributed by atoms with van der Waals surface area (Å²) in [7, 11) is 0. The molecule has 5 heteroatoms. The number of nitrogens with zero attached hydrogens (tertiary/aromatic N) is 2. The summed E-state index contributed by atoms with van der Waals surface area (Å²) in [6, 6.07) is 26.3. The van der Waals surface area contributed by atoms with Crippen LogP contribution in [0.15, 0.2) is 78.9 Å². The van der Waals surface area contributed by atoms with E-state index in [-0.39, 0.29) is 11.8 Å². The van der Waals surface area contributed by atoms with Crippen LogP contribution in [-0.2, 0) is 13.1 Å². The van der Waals surface area contributed by atoms with E-state index in [0.29, 0.717) is 30.3 Å². The van der Waals surface area contributed by atoms with Gasteiger partial charge >= 0.3 is 0 Å². The van der Waals surface area contributed by atoms with Crippen molar-refractivity contribution in [3.05, 3.63) is 113 Å². The van der Waals surface area contributed by atoms with Crippen LogP contribution >= 0.6 is 0 Å². The number of fused-ring (bicyclic) bond motifs is 2. The Kier molecular flexibility index (Phi) is 7.29. The van der Waals surface area contributed by atoms with E-state index in [1.807, 2.05) is 53.4 Å². The van der Waals surface area contributed by atoms with Crippen LogP contribution in [0.5, 0.6) is 0 Å². The van der Waals surface area contributed by atoms with Crippen LogP contribution < -0.4 is 10.2 Å². The maximum absolute atomic E-state index is 14.0. The van der Waals surface area contributed by atoms with Gasteiger partial charge in [0.05, 0.1) is 13.1 Å². The van der Waals surface area contributed by atoms with Crippen molar-refractivity contribution in [2.24, 2.45) is 5.92 Å². The predicted octanol–water partition coefficient (Wildman–Crippen LogP) is 7.29. The second kappa shape index (κ2) is 11.2. The number of carbonyl (C=O) groups excluding carboxylic acids is 2. The number of aromatic nitrogens is 1. The van der Waals surface area contributed by atoms with Crippen molar-refractivity contribution in [3.63, 3.8) is 0 Å². The second-order valence-electron chi connectivity index (χ2n) is 11.4. The third kappa shape index (κ3) is 5.08. The zero-order valence-electron chi connectivity index (χ0n) is 23.5. The summed E-state index contributed by atoms with van der Waals surface area (Å²) in [4.78, 5) is 29.2. The molecule has 4 aromatic rings. The molecule has 0 spiro atoms. The van der Waals surface area contributed by atoms with E-state index in [0.717, 1.165) is 34.6 Å². The monoisotopic (exact) mass is 531 g/mol. The van der Waals surface area contributed by atoms with Gasteiger partial charge in [-0.2, -0.15) is 0 Å². The Hall–Kier alpha value is -4.12. The first-order valence-electron chi connectivity index (χ1n) is 14.5. The topological polar surface area (TPSA) is 54.3 Å². The smallest absolute Gasteiger partial charge is 0.267 e. The molecule has 1 aromatic heterocycles. The van der Waals surface area contributed by atoms with Crippen LogP contribution in [0.4, 0.5) is 5.69 Å². The molecule has 0 bridgehead atoms. The number of hydrogen-bond acceptors (Lipinski definition) is 2. The van der Waals surface area contributed by atoms with Crippen LogP contribution in [0.25, 0.3) is 11.1 Å². The van der Waals surface area contributed by atoms with Crippen molar-refractivity contribution in [2.75, 3.05) is 11.4 Å². The maximum atomic E-state index is 14.0. The highest BCUT2D eigenvalue weighted by Crippen LogP contribution is 2.32. The zero-order valence-corrected chi connectivity index (χ0v) is 23.5. The number of aryl methyl sites for hydroxylation is 2. The van der Waals surface area contributed by atoms with E-state index in [4.69, 9.17) is 0 Å². The fourth-order valence-electron chi connectivity index (χ4n) is 6.39. The quantitative estimate of drug-likeness (QED) is 0.294. The van der Waals surface area contributed by atoms with E-state index < -0.39 is 0 Å². The van der Waals surface area contributed by atoms with Crippen LogP contribution in [0, 0.1) is 19.8 Å². The molecule has 1 aliphatic heterocycles. The molecule has 204 valence electrons. The number of anilines is 1. The summed E-state index contributed by atoms with van der Waals surface area (Å²) in [5.74, 6) is 0.507.